The lowest BCUT2D eigenvalue weighted by molar-refractivity contribution is -0.117. The summed E-state index contributed by atoms with van der Waals surface area (Å²) in [5, 5.41) is 15.1. The lowest BCUT2D eigenvalue weighted by Gasteiger charge is -2.03. The highest BCUT2D eigenvalue weighted by atomic mass is 32.1. The largest absolute Gasteiger partial charge is 0.396 e. The van der Waals surface area contributed by atoms with Gasteiger partial charge in [-0.15, -0.1) is 11.3 Å². The Morgan fingerprint density at radius 1 is 1.19 bits per heavy atom. The Bertz CT molecular complexity index is 483. The number of rotatable bonds is 9. The number of hydrogen-bond acceptors (Lipinski definition) is 4. The predicted molar refractivity (Wildman–Crippen MR) is 83.6 cm³/mol. The fourth-order valence-corrected chi connectivity index (χ4v) is 2.80. The summed E-state index contributed by atoms with van der Waals surface area (Å²) in [4.78, 5) is 24.2. The fourth-order valence-electron chi connectivity index (χ4n) is 1.98. The SMILES string of the molecule is O=C(NCCCCCCO)c1ccc(NC(=O)C2CC2)s1. The van der Waals surface area contributed by atoms with Crippen LogP contribution < -0.4 is 10.6 Å². The summed E-state index contributed by atoms with van der Waals surface area (Å²) in [5.74, 6) is 0.144. The maximum absolute atomic E-state index is 11.9. The van der Waals surface area contributed by atoms with Gasteiger partial charge in [0.25, 0.3) is 5.91 Å². The highest BCUT2D eigenvalue weighted by molar-refractivity contribution is 7.18. The molecule has 6 heteroatoms. The van der Waals surface area contributed by atoms with Gasteiger partial charge in [0, 0.05) is 19.1 Å². The zero-order chi connectivity index (χ0) is 15.1. The third kappa shape index (κ3) is 5.47. The molecule has 2 rings (SSSR count). The first-order chi connectivity index (χ1) is 10.2. The highest BCUT2D eigenvalue weighted by Crippen LogP contribution is 2.31. The van der Waals surface area contributed by atoms with E-state index in [1.807, 2.05) is 0 Å². The lowest BCUT2D eigenvalue weighted by Crippen LogP contribution is -2.23. The number of aliphatic hydroxyl groups is 1. The number of thiophene rings is 1. The molecule has 0 atom stereocenters. The van der Waals surface area contributed by atoms with Crippen molar-refractivity contribution in [2.45, 2.75) is 38.5 Å². The van der Waals surface area contributed by atoms with E-state index in [1.165, 1.54) is 11.3 Å². The predicted octanol–water partition coefficient (Wildman–Crippen LogP) is 2.38. The molecule has 0 radical (unpaired) electrons. The molecule has 21 heavy (non-hydrogen) atoms. The number of nitrogens with one attached hydrogen (secondary N) is 2. The van der Waals surface area contributed by atoms with Crippen LogP contribution >= 0.6 is 11.3 Å². The van der Waals surface area contributed by atoms with E-state index in [4.69, 9.17) is 5.11 Å². The second kappa shape index (κ2) is 8.14. The van der Waals surface area contributed by atoms with E-state index in [0.29, 0.717) is 11.4 Å². The Morgan fingerprint density at radius 2 is 1.95 bits per heavy atom. The van der Waals surface area contributed by atoms with Crippen molar-refractivity contribution in [3.05, 3.63) is 17.0 Å². The standard InChI is InChI=1S/C15H22N2O3S/c18-10-4-2-1-3-9-16-15(20)12-7-8-13(21-12)17-14(19)11-5-6-11/h7-8,11,18H,1-6,9-10H2,(H,16,20)(H,17,19). The summed E-state index contributed by atoms with van der Waals surface area (Å²) in [7, 11) is 0. The molecule has 0 unspecified atom stereocenters. The van der Waals surface area contributed by atoms with E-state index in [-0.39, 0.29) is 24.3 Å². The van der Waals surface area contributed by atoms with Crippen molar-refractivity contribution in [2.24, 2.45) is 5.92 Å². The minimum Gasteiger partial charge on any atom is -0.396 e. The molecule has 1 heterocycles. The number of aliphatic hydroxyl groups excluding tert-OH is 1. The molecule has 0 bridgehead atoms. The first-order valence-corrected chi connectivity index (χ1v) is 8.32. The zero-order valence-electron chi connectivity index (χ0n) is 12.1. The summed E-state index contributed by atoms with van der Waals surface area (Å²) in [6, 6.07) is 3.52. The molecular formula is C15H22N2O3S. The van der Waals surface area contributed by atoms with Gasteiger partial charge in [0.1, 0.15) is 0 Å². The Kier molecular flexibility index (Phi) is 6.20. The van der Waals surface area contributed by atoms with Crippen LogP contribution in [-0.4, -0.2) is 30.1 Å². The van der Waals surface area contributed by atoms with Gasteiger partial charge in [-0.2, -0.15) is 0 Å². The maximum Gasteiger partial charge on any atom is 0.261 e. The summed E-state index contributed by atoms with van der Waals surface area (Å²) >= 11 is 1.31. The molecule has 0 saturated heterocycles. The Labute approximate surface area is 128 Å². The first-order valence-electron chi connectivity index (χ1n) is 7.50. The number of unbranched alkanes of at least 4 members (excludes halogenated alkanes) is 3. The van der Waals surface area contributed by atoms with Gasteiger partial charge in [0.15, 0.2) is 0 Å². The van der Waals surface area contributed by atoms with E-state index in [1.54, 1.807) is 12.1 Å². The minimum absolute atomic E-state index is 0.0627. The summed E-state index contributed by atoms with van der Waals surface area (Å²) < 4.78 is 0. The van der Waals surface area contributed by atoms with Crippen molar-refractivity contribution in [2.75, 3.05) is 18.5 Å². The van der Waals surface area contributed by atoms with Gasteiger partial charge in [-0.3, -0.25) is 9.59 Å². The molecule has 0 spiro atoms. The van der Waals surface area contributed by atoms with E-state index >= 15 is 0 Å². The number of amides is 2. The highest BCUT2D eigenvalue weighted by Gasteiger charge is 2.29. The van der Waals surface area contributed by atoms with Crippen LogP contribution in [0.3, 0.4) is 0 Å². The van der Waals surface area contributed by atoms with Crippen LogP contribution in [0, 0.1) is 5.92 Å². The van der Waals surface area contributed by atoms with Crippen LogP contribution in [0.2, 0.25) is 0 Å². The fraction of sp³-hybridized carbons (Fsp3) is 0.600. The van der Waals surface area contributed by atoms with Crippen molar-refractivity contribution in [1.29, 1.82) is 0 Å². The molecule has 1 aromatic heterocycles. The third-order valence-corrected chi connectivity index (χ3v) is 4.39. The molecule has 0 aliphatic heterocycles. The van der Waals surface area contributed by atoms with Gasteiger partial charge < -0.3 is 15.7 Å². The van der Waals surface area contributed by atoms with Crippen LogP contribution in [0.5, 0.6) is 0 Å². The molecule has 1 aromatic rings. The van der Waals surface area contributed by atoms with Crippen LogP contribution in [0.25, 0.3) is 0 Å². The molecule has 3 N–H and O–H groups in total. The second-order valence-corrected chi connectivity index (χ2v) is 6.40. The van der Waals surface area contributed by atoms with Crippen LogP contribution in [0.4, 0.5) is 5.00 Å². The number of carbonyl (C=O) groups excluding carboxylic acids is 2. The van der Waals surface area contributed by atoms with E-state index < -0.39 is 0 Å². The molecule has 1 fully saturated rings. The summed E-state index contributed by atoms with van der Waals surface area (Å²) in [5.41, 5.74) is 0. The average Bonchev–Trinajstić information content (AvgIpc) is 3.23. The maximum atomic E-state index is 11.9. The average molecular weight is 310 g/mol. The lowest BCUT2D eigenvalue weighted by atomic mass is 10.2. The van der Waals surface area contributed by atoms with Crippen molar-refractivity contribution >= 4 is 28.2 Å². The van der Waals surface area contributed by atoms with E-state index in [9.17, 15) is 9.59 Å². The van der Waals surface area contributed by atoms with Gasteiger partial charge in [-0.05, 0) is 37.8 Å². The van der Waals surface area contributed by atoms with Crippen LogP contribution in [0.15, 0.2) is 12.1 Å². The smallest absolute Gasteiger partial charge is 0.261 e. The zero-order valence-corrected chi connectivity index (χ0v) is 12.9. The van der Waals surface area contributed by atoms with E-state index in [0.717, 1.165) is 43.5 Å². The number of hydrogen-bond donors (Lipinski definition) is 3. The minimum atomic E-state index is -0.0888. The molecule has 0 aromatic carbocycles. The Morgan fingerprint density at radius 3 is 2.67 bits per heavy atom. The number of anilines is 1. The molecule has 2 amide bonds. The normalized spacial score (nSPS) is 14.0. The van der Waals surface area contributed by atoms with Gasteiger partial charge in [0.05, 0.1) is 9.88 Å². The third-order valence-electron chi connectivity index (χ3n) is 3.39. The van der Waals surface area contributed by atoms with Gasteiger partial charge in [-0.25, -0.2) is 0 Å². The quantitative estimate of drug-likeness (QED) is 0.613. The molecule has 1 saturated carbocycles. The second-order valence-electron chi connectivity index (χ2n) is 5.32. The van der Waals surface area contributed by atoms with Gasteiger partial charge >= 0.3 is 0 Å². The van der Waals surface area contributed by atoms with E-state index in [2.05, 4.69) is 10.6 Å². The molecule has 116 valence electrons. The molecule has 1 aliphatic rings. The van der Waals surface area contributed by atoms with Crippen molar-refractivity contribution in [3.63, 3.8) is 0 Å². The molecule has 1 aliphatic carbocycles. The molecule has 5 nitrogen and oxygen atoms in total. The first kappa shape index (κ1) is 16.0. The van der Waals surface area contributed by atoms with Gasteiger partial charge in [0.2, 0.25) is 5.91 Å². The van der Waals surface area contributed by atoms with Crippen molar-refractivity contribution < 1.29 is 14.7 Å². The molecular weight excluding hydrogens is 288 g/mol. The Hall–Kier alpha value is -1.40. The summed E-state index contributed by atoms with van der Waals surface area (Å²) in [6.07, 6.45) is 5.68. The van der Waals surface area contributed by atoms with Crippen LogP contribution in [0.1, 0.15) is 48.2 Å². The van der Waals surface area contributed by atoms with Crippen molar-refractivity contribution in [3.8, 4) is 0 Å². The van der Waals surface area contributed by atoms with Crippen molar-refractivity contribution in [1.82, 2.24) is 5.32 Å². The Balaban J connectivity index is 1.67. The van der Waals surface area contributed by atoms with Gasteiger partial charge in [-0.1, -0.05) is 12.8 Å². The monoisotopic (exact) mass is 310 g/mol. The topological polar surface area (TPSA) is 78.4 Å². The van der Waals surface area contributed by atoms with Crippen LogP contribution in [-0.2, 0) is 4.79 Å². The summed E-state index contributed by atoms with van der Waals surface area (Å²) in [6.45, 7) is 0.878. The number of carbonyl (C=O) groups is 2.